The van der Waals surface area contributed by atoms with Gasteiger partial charge in [0.25, 0.3) is 11.5 Å². The number of anilines is 2. The molecular weight excluding hydrogens is 1050 g/mol. The number of hydrogen-bond acceptors (Lipinski definition) is 20. The zero-order valence-corrected chi connectivity index (χ0v) is 49.1. The molecule has 1 saturated heterocycles. The lowest BCUT2D eigenvalue weighted by atomic mass is 9.97. The summed E-state index contributed by atoms with van der Waals surface area (Å²) < 4.78 is 60.3. The Kier molecular flexibility index (Phi) is 33.5. The molecule has 1 aliphatic rings. The second-order valence-corrected chi connectivity index (χ2v) is 20.3. The molecule has 5 N–H and O–H groups in total. The average molecular weight is 1140 g/mol. The van der Waals surface area contributed by atoms with Crippen LogP contribution < -0.4 is 26.4 Å². The number of carbonyl (C=O) groups is 3. The van der Waals surface area contributed by atoms with E-state index in [0.29, 0.717) is 174 Å². The van der Waals surface area contributed by atoms with Crippen molar-refractivity contribution < 1.29 is 66.5 Å². The van der Waals surface area contributed by atoms with Gasteiger partial charge in [0.1, 0.15) is 11.4 Å². The molecular formula is C58H92N8O15. The Morgan fingerprint density at radius 1 is 0.667 bits per heavy atom. The molecule has 4 rings (SSSR count). The molecule has 0 radical (unpaired) electrons. The number of aryl methyl sites for hydroxylation is 2. The SMILES string of the molecule is Cc1cc(C)c(CNC(=O)c2cc(-c3ccc(N4CCN(CCC(=O)NCCOCCOCCOCCOCCOCCOCCOCCOCCOCCOCCC(=O)OC(C)(C)C)CC4)nc3)cc(NC(C)C)c2C=N)c(=O)[nH]1. The van der Waals surface area contributed by atoms with E-state index < -0.39 is 5.60 Å². The van der Waals surface area contributed by atoms with Gasteiger partial charge in [0.2, 0.25) is 5.91 Å². The van der Waals surface area contributed by atoms with Gasteiger partial charge in [0.05, 0.1) is 144 Å². The zero-order chi connectivity index (χ0) is 58.5. The Balaban J connectivity index is 0.913. The van der Waals surface area contributed by atoms with Crippen LogP contribution in [0.2, 0.25) is 0 Å². The summed E-state index contributed by atoms with van der Waals surface area (Å²) in [5.41, 5.74) is 4.32. The Labute approximate surface area is 478 Å². The smallest absolute Gasteiger partial charge is 0.308 e. The van der Waals surface area contributed by atoms with Gasteiger partial charge in [-0.1, -0.05) is 0 Å². The summed E-state index contributed by atoms with van der Waals surface area (Å²) in [6, 6.07) is 9.58. The summed E-state index contributed by atoms with van der Waals surface area (Å²) in [6.07, 6.45) is 3.60. The van der Waals surface area contributed by atoms with Crippen LogP contribution in [0.5, 0.6) is 0 Å². The van der Waals surface area contributed by atoms with Crippen molar-refractivity contribution in [2.24, 2.45) is 0 Å². The highest BCUT2D eigenvalue weighted by molar-refractivity contribution is 6.06. The van der Waals surface area contributed by atoms with E-state index >= 15 is 0 Å². The van der Waals surface area contributed by atoms with Crippen molar-refractivity contribution >= 4 is 35.5 Å². The minimum absolute atomic E-state index is 0.0158. The van der Waals surface area contributed by atoms with Gasteiger partial charge in [-0.25, -0.2) is 4.98 Å². The summed E-state index contributed by atoms with van der Waals surface area (Å²) in [5.74, 6) is 0.164. The van der Waals surface area contributed by atoms with Crippen LogP contribution >= 0.6 is 0 Å². The van der Waals surface area contributed by atoms with E-state index in [0.717, 1.165) is 54.4 Å². The maximum atomic E-state index is 13.7. The summed E-state index contributed by atoms with van der Waals surface area (Å²) >= 11 is 0. The van der Waals surface area contributed by atoms with Crippen molar-refractivity contribution in [3.8, 4) is 11.1 Å². The van der Waals surface area contributed by atoms with Crippen molar-refractivity contribution in [3.05, 3.63) is 74.8 Å². The molecule has 3 heterocycles. The molecule has 454 valence electrons. The highest BCUT2D eigenvalue weighted by Crippen LogP contribution is 2.30. The molecule has 1 aromatic carbocycles. The minimum atomic E-state index is -0.488. The quantitative estimate of drug-likeness (QED) is 0.0300. The van der Waals surface area contributed by atoms with Crippen LogP contribution in [0.15, 0.2) is 41.3 Å². The first-order valence-electron chi connectivity index (χ1n) is 28.3. The number of hydrogen-bond donors (Lipinski definition) is 5. The molecule has 2 aromatic heterocycles. The summed E-state index contributed by atoms with van der Waals surface area (Å²) in [5, 5.41) is 17.4. The van der Waals surface area contributed by atoms with Crippen molar-refractivity contribution in [3.63, 3.8) is 0 Å². The highest BCUT2D eigenvalue weighted by Gasteiger charge is 2.22. The molecule has 23 nitrogen and oxygen atoms in total. The van der Waals surface area contributed by atoms with Crippen LogP contribution in [-0.4, -0.2) is 222 Å². The maximum absolute atomic E-state index is 13.7. The van der Waals surface area contributed by atoms with Crippen molar-refractivity contribution in [1.82, 2.24) is 25.5 Å². The third kappa shape index (κ3) is 29.4. The fourth-order valence-corrected chi connectivity index (χ4v) is 8.14. The van der Waals surface area contributed by atoms with E-state index in [4.69, 9.17) is 62.5 Å². The third-order valence-corrected chi connectivity index (χ3v) is 12.2. The molecule has 0 bridgehead atoms. The number of benzene rings is 1. The number of amides is 2. The zero-order valence-electron chi connectivity index (χ0n) is 49.1. The second-order valence-electron chi connectivity index (χ2n) is 20.3. The number of nitrogens with zero attached hydrogens (tertiary/aromatic N) is 3. The molecule has 0 saturated carbocycles. The van der Waals surface area contributed by atoms with Crippen molar-refractivity contribution in [2.45, 2.75) is 79.5 Å². The summed E-state index contributed by atoms with van der Waals surface area (Å²) in [4.78, 5) is 62.6. The lowest BCUT2D eigenvalue weighted by molar-refractivity contribution is -0.156. The lowest BCUT2D eigenvalue weighted by Gasteiger charge is -2.35. The van der Waals surface area contributed by atoms with E-state index in [2.05, 4.69) is 30.7 Å². The van der Waals surface area contributed by atoms with Gasteiger partial charge in [-0.05, 0) is 89.9 Å². The predicted octanol–water partition coefficient (Wildman–Crippen LogP) is 4.33. The van der Waals surface area contributed by atoms with Gasteiger partial charge in [0.15, 0.2) is 0 Å². The first kappa shape index (κ1) is 68.1. The lowest BCUT2D eigenvalue weighted by Crippen LogP contribution is -2.47. The molecule has 1 fully saturated rings. The van der Waals surface area contributed by atoms with Gasteiger partial charge in [-0.15, -0.1) is 0 Å². The van der Waals surface area contributed by atoms with Gasteiger partial charge in [0, 0.05) is 98.8 Å². The van der Waals surface area contributed by atoms with E-state index in [1.807, 2.05) is 72.7 Å². The Hall–Kier alpha value is -5.44. The summed E-state index contributed by atoms with van der Waals surface area (Å²) in [6.45, 7) is 26.3. The van der Waals surface area contributed by atoms with Crippen LogP contribution in [0.1, 0.15) is 80.2 Å². The van der Waals surface area contributed by atoms with Crippen LogP contribution in [0.3, 0.4) is 0 Å². The molecule has 3 aromatic rings. The van der Waals surface area contributed by atoms with Crippen LogP contribution in [-0.2, 0) is 68.2 Å². The standard InChI is InChI=1S/C58H92N8O15/c1-44(2)63-52-40-48(39-49(50(52)41-59)56(69)62-43-51-45(3)38-46(4)64-57(51)70)47-8-9-53(61-42-47)66-16-14-65(15-17-66)13-10-54(67)60-12-19-72-21-23-74-25-27-76-29-31-78-33-35-80-37-36-79-34-32-77-30-28-75-26-24-73-22-20-71-18-11-55(68)81-58(5,6)7/h8-9,38-42,44,59,63H,10-37,43H2,1-7H3,(H,60,67)(H,62,69)(H,64,70). The topological polar surface area (TPSA) is 265 Å². The number of esters is 1. The molecule has 0 spiro atoms. The van der Waals surface area contributed by atoms with E-state index in [9.17, 15) is 19.2 Å². The number of aromatic nitrogens is 2. The normalized spacial score (nSPS) is 13.0. The van der Waals surface area contributed by atoms with Gasteiger partial charge in [-0.3, -0.25) is 24.1 Å². The Bertz CT molecular complexity index is 2320. The second kappa shape index (κ2) is 39.9. The molecule has 0 aliphatic carbocycles. The highest BCUT2D eigenvalue weighted by atomic mass is 16.6. The Morgan fingerprint density at radius 2 is 1.17 bits per heavy atom. The van der Waals surface area contributed by atoms with Crippen molar-refractivity contribution in [1.29, 1.82) is 5.41 Å². The molecule has 1 aliphatic heterocycles. The number of pyridine rings is 2. The predicted molar refractivity (Wildman–Crippen MR) is 309 cm³/mol. The number of carbonyl (C=O) groups excluding carboxylic acids is 3. The van der Waals surface area contributed by atoms with E-state index in [1.165, 1.54) is 6.21 Å². The third-order valence-electron chi connectivity index (χ3n) is 12.2. The number of H-pyrrole nitrogens is 1. The van der Waals surface area contributed by atoms with Gasteiger partial charge >= 0.3 is 5.97 Å². The molecule has 2 amide bonds. The molecule has 23 heteroatoms. The minimum Gasteiger partial charge on any atom is -0.460 e. The van der Waals surface area contributed by atoms with Crippen LogP contribution in [0.25, 0.3) is 11.1 Å². The first-order chi connectivity index (χ1) is 39.1. The van der Waals surface area contributed by atoms with Crippen molar-refractivity contribution in [2.75, 3.05) is 182 Å². The first-order valence-corrected chi connectivity index (χ1v) is 28.3. The van der Waals surface area contributed by atoms with Crippen LogP contribution in [0, 0.1) is 19.3 Å². The number of piperazine rings is 1. The van der Waals surface area contributed by atoms with Crippen LogP contribution in [0.4, 0.5) is 11.5 Å². The number of rotatable bonds is 44. The Morgan fingerprint density at radius 3 is 1.63 bits per heavy atom. The summed E-state index contributed by atoms with van der Waals surface area (Å²) in [7, 11) is 0. The fourth-order valence-electron chi connectivity index (χ4n) is 8.14. The number of nitrogens with one attached hydrogen (secondary N) is 5. The van der Waals surface area contributed by atoms with E-state index in [1.54, 1.807) is 12.3 Å². The monoisotopic (exact) mass is 1140 g/mol. The molecule has 0 unspecified atom stereocenters. The molecule has 0 atom stereocenters. The maximum Gasteiger partial charge on any atom is 0.308 e. The van der Waals surface area contributed by atoms with Gasteiger partial charge < -0.3 is 83.3 Å². The largest absolute Gasteiger partial charge is 0.460 e. The van der Waals surface area contributed by atoms with Gasteiger partial charge in [-0.2, -0.15) is 0 Å². The van der Waals surface area contributed by atoms with E-state index in [-0.39, 0.29) is 42.4 Å². The number of aromatic amines is 1. The average Bonchev–Trinajstić information content (AvgIpc) is 3.64. The fraction of sp³-hybridized carbons (Fsp3) is 0.655. The number of ether oxygens (including phenoxy) is 11. The molecule has 81 heavy (non-hydrogen) atoms.